The molecule has 0 heterocycles. The molecule has 172 valence electrons. The van der Waals surface area contributed by atoms with Gasteiger partial charge in [-0.05, 0) is 116 Å². The van der Waals surface area contributed by atoms with Crippen LogP contribution < -0.4 is 4.74 Å². The van der Waals surface area contributed by atoms with E-state index in [0.29, 0.717) is 17.9 Å². The monoisotopic (exact) mass is 432 g/mol. The standard InChI is InChI=1S/C30H40O2/c1-4-22-17-27-23(18-29(22)32-19-21-8-6-5-7-9-21)10-12-26-25(27)14-15-30(3)24(16-20(2)31)11-13-28(26)30/h5-9,17-18,20,24-26,28,31H,4,10-16,19H2,1-3H3/t20?,24-,25+,26-,28+,30-/m1/s1. The van der Waals surface area contributed by atoms with Crippen molar-refractivity contribution in [3.8, 4) is 5.75 Å². The Morgan fingerprint density at radius 3 is 2.66 bits per heavy atom. The number of benzene rings is 2. The van der Waals surface area contributed by atoms with Crippen LogP contribution in [0.15, 0.2) is 42.5 Å². The van der Waals surface area contributed by atoms with Crippen molar-refractivity contribution in [3.05, 3.63) is 64.7 Å². The molecule has 0 aromatic heterocycles. The van der Waals surface area contributed by atoms with E-state index >= 15 is 0 Å². The maximum absolute atomic E-state index is 10.1. The number of aryl methyl sites for hydroxylation is 2. The Balaban J connectivity index is 1.38. The largest absolute Gasteiger partial charge is 0.489 e. The normalized spacial score (nSPS) is 32.0. The van der Waals surface area contributed by atoms with E-state index in [2.05, 4.69) is 56.3 Å². The molecule has 0 bridgehead atoms. The van der Waals surface area contributed by atoms with Gasteiger partial charge >= 0.3 is 0 Å². The van der Waals surface area contributed by atoms with Gasteiger partial charge < -0.3 is 9.84 Å². The molecule has 5 rings (SSSR count). The summed E-state index contributed by atoms with van der Waals surface area (Å²) in [5.74, 6) is 4.16. The topological polar surface area (TPSA) is 29.5 Å². The highest BCUT2D eigenvalue weighted by Crippen LogP contribution is 2.63. The Hall–Kier alpha value is -1.80. The fourth-order valence-corrected chi connectivity index (χ4v) is 7.70. The number of aliphatic hydroxyl groups excluding tert-OH is 1. The molecule has 0 aliphatic heterocycles. The zero-order chi connectivity index (χ0) is 22.3. The van der Waals surface area contributed by atoms with Crippen molar-refractivity contribution in [2.24, 2.45) is 23.2 Å². The summed E-state index contributed by atoms with van der Waals surface area (Å²) in [6, 6.07) is 15.4. The molecular weight excluding hydrogens is 392 g/mol. The number of hydrogen-bond donors (Lipinski definition) is 1. The molecule has 32 heavy (non-hydrogen) atoms. The second-order valence-electron chi connectivity index (χ2n) is 11.1. The number of rotatable bonds is 6. The molecule has 1 N–H and O–H groups in total. The van der Waals surface area contributed by atoms with Crippen molar-refractivity contribution in [1.82, 2.24) is 0 Å². The molecule has 0 saturated heterocycles. The highest BCUT2D eigenvalue weighted by Gasteiger charge is 2.54. The lowest BCUT2D eigenvalue weighted by molar-refractivity contribution is 0.0121. The van der Waals surface area contributed by atoms with Crippen molar-refractivity contribution in [1.29, 1.82) is 0 Å². The zero-order valence-corrected chi connectivity index (χ0v) is 20.1. The molecule has 6 atom stereocenters. The first-order valence-electron chi connectivity index (χ1n) is 13.0. The van der Waals surface area contributed by atoms with Gasteiger partial charge in [-0.1, -0.05) is 50.2 Å². The van der Waals surface area contributed by atoms with Crippen LogP contribution in [-0.2, 0) is 19.4 Å². The number of fused-ring (bicyclic) bond motifs is 5. The third kappa shape index (κ3) is 3.89. The van der Waals surface area contributed by atoms with E-state index in [-0.39, 0.29) is 6.10 Å². The lowest BCUT2D eigenvalue weighted by atomic mass is 9.54. The summed E-state index contributed by atoms with van der Waals surface area (Å²) >= 11 is 0. The lowest BCUT2D eigenvalue weighted by Crippen LogP contribution is -2.42. The van der Waals surface area contributed by atoms with E-state index in [1.54, 1.807) is 5.56 Å². The summed E-state index contributed by atoms with van der Waals surface area (Å²) in [6.45, 7) is 7.43. The van der Waals surface area contributed by atoms with Crippen molar-refractivity contribution in [3.63, 3.8) is 0 Å². The summed E-state index contributed by atoms with van der Waals surface area (Å²) in [5.41, 5.74) is 6.20. The van der Waals surface area contributed by atoms with Gasteiger partial charge in [0.15, 0.2) is 0 Å². The van der Waals surface area contributed by atoms with Crippen LogP contribution in [0.4, 0.5) is 0 Å². The third-order valence-corrected chi connectivity index (χ3v) is 9.35. The minimum absolute atomic E-state index is 0.165. The maximum Gasteiger partial charge on any atom is 0.123 e. The second kappa shape index (κ2) is 8.86. The molecule has 3 aliphatic carbocycles. The molecule has 2 heteroatoms. The first-order valence-corrected chi connectivity index (χ1v) is 13.0. The zero-order valence-electron chi connectivity index (χ0n) is 20.1. The summed E-state index contributed by atoms with van der Waals surface area (Å²) in [6.07, 6.45) is 9.67. The Bertz CT molecular complexity index is 933. The van der Waals surface area contributed by atoms with E-state index in [9.17, 15) is 5.11 Å². The minimum atomic E-state index is -0.165. The SMILES string of the molecule is CCc1cc2c(cc1OCc1ccccc1)CC[C@@H]1[C@@H]2CC[C@]2(C)[C@@H](CC(C)O)CC[C@@H]12. The van der Waals surface area contributed by atoms with Crippen LogP contribution in [0, 0.1) is 23.2 Å². The Morgan fingerprint density at radius 2 is 1.91 bits per heavy atom. The predicted molar refractivity (Wildman–Crippen MR) is 131 cm³/mol. The molecule has 0 radical (unpaired) electrons. The van der Waals surface area contributed by atoms with Crippen LogP contribution in [0.5, 0.6) is 5.75 Å². The van der Waals surface area contributed by atoms with Gasteiger partial charge in [-0.3, -0.25) is 0 Å². The first-order chi connectivity index (χ1) is 15.5. The Labute approximate surface area is 194 Å². The van der Waals surface area contributed by atoms with Crippen molar-refractivity contribution >= 4 is 0 Å². The van der Waals surface area contributed by atoms with Gasteiger partial charge in [0, 0.05) is 0 Å². The van der Waals surface area contributed by atoms with E-state index in [0.717, 1.165) is 36.3 Å². The fraction of sp³-hybridized carbons (Fsp3) is 0.600. The highest BCUT2D eigenvalue weighted by atomic mass is 16.5. The second-order valence-corrected chi connectivity index (χ2v) is 11.1. The van der Waals surface area contributed by atoms with E-state index < -0.39 is 0 Å². The molecule has 2 aromatic carbocycles. The highest BCUT2D eigenvalue weighted by molar-refractivity contribution is 5.46. The summed E-state index contributed by atoms with van der Waals surface area (Å²) in [4.78, 5) is 0. The molecule has 0 amide bonds. The minimum Gasteiger partial charge on any atom is -0.489 e. The molecule has 2 nitrogen and oxygen atoms in total. The van der Waals surface area contributed by atoms with Crippen LogP contribution in [0.25, 0.3) is 0 Å². The van der Waals surface area contributed by atoms with Crippen LogP contribution >= 0.6 is 0 Å². The van der Waals surface area contributed by atoms with E-state index in [1.807, 2.05) is 6.92 Å². The van der Waals surface area contributed by atoms with Gasteiger partial charge in [0.05, 0.1) is 6.10 Å². The van der Waals surface area contributed by atoms with E-state index in [4.69, 9.17) is 4.74 Å². The number of hydrogen-bond acceptors (Lipinski definition) is 2. The van der Waals surface area contributed by atoms with Crippen molar-refractivity contribution in [2.45, 2.75) is 90.8 Å². The van der Waals surface area contributed by atoms with Gasteiger partial charge in [-0.2, -0.15) is 0 Å². The fourth-order valence-electron chi connectivity index (χ4n) is 7.70. The van der Waals surface area contributed by atoms with Gasteiger partial charge in [-0.15, -0.1) is 0 Å². The average Bonchev–Trinajstić information content (AvgIpc) is 3.13. The third-order valence-electron chi connectivity index (χ3n) is 9.35. The smallest absolute Gasteiger partial charge is 0.123 e. The van der Waals surface area contributed by atoms with Gasteiger partial charge in [0.2, 0.25) is 0 Å². The molecular formula is C30H40O2. The molecule has 2 aromatic rings. The quantitative estimate of drug-likeness (QED) is 0.529. The Kier molecular flexibility index (Phi) is 6.09. The molecule has 1 unspecified atom stereocenters. The first kappa shape index (κ1) is 22.0. The Morgan fingerprint density at radius 1 is 1.09 bits per heavy atom. The van der Waals surface area contributed by atoms with Crippen molar-refractivity contribution in [2.75, 3.05) is 0 Å². The van der Waals surface area contributed by atoms with Gasteiger partial charge in [-0.25, -0.2) is 0 Å². The lowest BCUT2D eigenvalue weighted by Gasteiger charge is -2.51. The number of aliphatic hydroxyl groups is 1. The van der Waals surface area contributed by atoms with Crippen LogP contribution in [0.3, 0.4) is 0 Å². The van der Waals surface area contributed by atoms with Gasteiger partial charge in [0.25, 0.3) is 0 Å². The average molecular weight is 433 g/mol. The number of ether oxygens (including phenoxy) is 1. The summed E-state index contributed by atoms with van der Waals surface area (Å²) < 4.78 is 6.33. The maximum atomic E-state index is 10.1. The van der Waals surface area contributed by atoms with Crippen LogP contribution in [-0.4, -0.2) is 11.2 Å². The van der Waals surface area contributed by atoms with Crippen LogP contribution in [0.1, 0.15) is 87.5 Å². The van der Waals surface area contributed by atoms with E-state index in [1.165, 1.54) is 55.2 Å². The predicted octanol–water partition coefficient (Wildman–Crippen LogP) is 7.07. The van der Waals surface area contributed by atoms with Gasteiger partial charge in [0.1, 0.15) is 12.4 Å². The molecule has 3 aliphatic rings. The summed E-state index contributed by atoms with van der Waals surface area (Å²) in [5, 5.41) is 10.1. The van der Waals surface area contributed by atoms with Crippen LogP contribution in [0.2, 0.25) is 0 Å². The van der Waals surface area contributed by atoms with Crippen molar-refractivity contribution < 1.29 is 9.84 Å². The summed E-state index contributed by atoms with van der Waals surface area (Å²) in [7, 11) is 0. The molecule has 2 saturated carbocycles. The molecule has 2 fully saturated rings. The molecule has 0 spiro atoms.